The molecule has 0 N–H and O–H groups in total. The second kappa shape index (κ2) is 7.13. The van der Waals surface area contributed by atoms with Crippen molar-refractivity contribution in [3.63, 3.8) is 0 Å². The summed E-state index contributed by atoms with van der Waals surface area (Å²) < 4.78 is 3.71. The van der Waals surface area contributed by atoms with Crippen LogP contribution in [0.2, 0.25) is 0 Å². The lowest BCUT2D eigenvalue weighted by Gasteiger charge is -2.38. The topological polar surface area (TPSA) is 58.7 Å². The van der Waals surface area contributed by atoms with Gasteiger partial charge in [0.1, 0.15) is 11.4 Å². The van der Waals surface area contributed by atoms with E-state index in [9.17, 15) is 4.79 Å². The summed E-state index contributed by atoms with van der Waals surface area (Å²) in [6.07, 6.45) is 3.92. The van der Waals surface area contributed by atoms with E-state index in [4.69, 9.17) is 0 Å². The summed E-state index contributed by atoms with van der Waals surface area (Å²) in [5, 5.41) is 13.1. The molecule has 0 bridgehead atoms. The standard InChI is InChI=1S/C21H22N6OS/c1-24-8-3-4-18(24)21(28)26-10-9-25(2)19(13-26)20-17-6-5-15(12-27(17)23-22-20)16-7-11-29-14-16/h3-8,11-12,14,19H,9-10,13H2,1-2H3/t19-/m1/s1. The van der Waals surface area contributed by atoms with E-state index in [1.54, 1.807) is 11.3 Å². The Morgan fingerprint density at radius 1 is 1.14 bits per heavy atom. The van der Waals surface area contributed by atoms with Crippen LogP contribution in [0.5, 0.6) is 0 Å². The third-order valence-corrected chi connectivity index (χ3v) is 6.39. The monoisotopic (exact) mass is 406 g/mol. The largest absolute Gasteiger partial charge is 0.347 e. The number of aromatic nitrogens is 4. The van der Waals surface area contributed by atoms with Crippen LogP contribution in [0.4, 0.5) is 0 Å². The van der Waals surface area contributed by atoms with Gasteiger partial charge in [-0.25, -0.2) is 4.52 Å². The molecule has 0 spiro atoms. The first-order valence-corrected chi connectivity index (χ1v) is 10.5. The fraction of sp³-hybridized carbons (Fsp3) is 0.286. The number of likely N-dealkylation sites (N-methyl/N-ethyl adjacent to an activating group) is 1. The molecule has 1 aliphatic heterocycles. The van der Waals surface area contributed by atoms with Crippen LogP contribution in [-0.2, 0) is 7.05 Å². The first-order chi connectivity index (χ1) is 14.1. The van der Waals surface area contributed by atoms with Crippen LogP contribution in [0.1, 0.15) is 22.2 Å². The number of amides is 1. The summed E-state index contributed by atoms with van der Waals surface area (Å²) in [7, 11) is 3.98. The average molecular weight is 407 g/mol. The van der Waals surface area contributed by atoms with Gasteiger partial charge in [0, 0.05) is 44.6 Å². The van der Waals surface area contributed by atoms with Crippen LogP contribution in [0.25, 0.3) is 16.6 Å². The Bertz CT molecular complexity index is 1160. The number of thiophene rings is 1. The highest BCUT2D eigenvalue weighted by Crippen LogP contribution is 2.29. The highest BCUT2D eigenvalue weighted by Gasteiger charge is 2.32. The molecule has 0 saturated carbocycles. The predicted octanol–water partition coefficient (Wildman–Crippen LogP) is 2.93. The quantitative estimate of drug-likeness (QED) is 0.525. The van der Waals surface area contributed by atoms with E-state index in [1.807, 2.05) is 45.6 Å². The molecule has 4 aromatic rings. The lowest BCUT2D eigenvalue weighted by atomic mass is 10.1. The minimum atomic E-state index is 0.0115. The summed E-state index contributed by atoms with van der Waals surface area (Å²) in [5.41, 5.74) is 4.90. The molecule has 1 fully saturated rings. The fourth-order valence-corrected chi connectivity index (χ4v) is 4.61. The number of aryl methyl sites for hydroxylation is 1. The maximum Gasteiger partial charge on any atom is 0.270 e. The van der Waals surface area contributed by atoms with Gasteiger partial charge in [-0.1, -0.05) is 11.3 Å². The van der Waals surface area contributed by atoms with E-state index in [0.29, 0.717) is 18.8 Å². The number of nitrogens with zero attached hydrogens (tertiary/aromatic N) is 6. The molecule has 5 heterocycles. The fourth-order valence-electron chi connectivity index (χ4n) is 3.95. The normalized spacial score (nSPS) is 17.9. The molecule has 29 heavy (non-hydrogen) atoms. The molecule has 0 aliphatic carbocycles. The Kier molecular flexibility index (Phi) is 4.44. The molecule has 4 aromatic heterocycles. The van der Waals surface area contributed by atoms with Crippen LogP contribution in [0.15, 0.2) is 53.5 Å². The van der Waals surface area contributed by atoms with Gasteiger partial charge in [0.15, 0.2) is 0 Å². The van der Waals surface area contributed by atoms with Crippen LogP contribution >= 0.6 is 11.3 Å². The number of carbonyl (C=O) groups is 1. The molecule has 7 nitrogen and oxygen atoms in total. The third kappa shape index (κ3) is 3.14. The predicted molar refractivity (Wildman–Crippen MR) is 113 cm³/mol. The number of hydrogen-bond donors (Lipinski definition) is 0. The van der Waals surface area contributed by atoms with E-state index in [1.165, 1.54) is 5.56 Å². The van der Waals surface area contributed by atoms with Crippen LogP contribution in [0, 0.1) is 0 Å². The minimum Gasteiger partial charge on any atom is -0.347 e. The van der Waals surface area contributed by atoms with Crippen molar-refractivity contribution in [1.82, 2.24) is 29.2 Å². The van der Waals surface area contributed by atoms with Gasteiger partial charge in [0.05, 0.1) is 11.6 Å². The zero-order valence-corrected chi connectivity index (χ0v) is 17.2. The minimum absolute atomic E-state index is 0.0115. The van der Waals surface area contributed by atoms with Gasteiger partial charge in [0.25, 0.3) is 5.91 Å². The van der Waals surface area contributed by atoms with E-state index in [0.717, 1.165) is 23.3 Å². The van der Waals surface area contributed by atoms with Gasteiger partial charge in [-0.2, -0.15) is 11.3 Å². The second-order valence-electron chi connectivity index (χ2n) is 7.49. The molecular weight excluding hydrogens is 384 g/mol. The molecule has 5 rings (SSSR count). The van der Waals surface area contributed by atoms with Gasteiger partial charge in [-0.15, -0.1) is 5.10 Å². The van der Waals surface area contributed by atoms with Crippen molar-refractivity contribution in [2.24, 2.45) is 7.05 Å². The molecular formula is C21H22N6OS. The first kappa shape index (κ1) is 18.1. The molecule has 0 radical (unpaired) electrons. The van der Waals surface area contributed by atoms with Crippen LogP contribution in [0.3, 0.4) is 0 Å². The van der Waals surface area contributed by atoms with Gasteiger partial charge in [-0.3, -0.25) is 9.69 Å². The van der Waals surface area contributed by atoms with Gasteiger partial charge in [-0.05, 0) is 47.6 Å². The number of carbonyl (C=O) groups excluding carboxylic acids is 1. The highest BCUT2D eigenvalue weighted by molar-refractivity contribution is 7.08. The Morgan fingerprint density at radius 3 is 2.79 bits per heavy atom. The van der Waals surface area contributed by atoms with E-state index in [-0.39, 0.29) is 11.9 Å². The van der Waals surface area contributed by atoms with E-state index >= 15 is 0 Å². The maximum absolute atomic E-state index is 13.0. The number of fused-ring (bicyclic) bond motifs is 1. The lowest BCUT2D eigenvalue weighted by Crippen LogP contribution is -2.49. The molecule has 1 atom stereocenters. The van der Waals surface area contributed by atoms with Crippen molar-refractivity contribution < 1.29 is 4.79 Å². The Balaban J connectivity index is 1.45. The molecule has 1 amide bonds. The Labute approximate surface area is 172 Å². The van der Waals surface area contributed by atoms with Crippen molar-refractivity contribution in [1.29, 1.82) is 0 Å². The number of rotatable bonds is 3. The summed E-state index contributed by atoms with van der Waals surface area (Å²) in [4.78, 5) is 17.2. The molecule has 0 aromatic carbocycles. The molecule has 1 aliphatic rings. The molecule has 148 valence electrons. The molecule has 0 unspecified atom stereocenters. The van der Waals surface area contributed by atoms with Crippen molar-refractivity contribution in [2.45, 2.75) is 6.04 Å². The van der Waals surface area contributed by atoms with Crippen molar-refractivity contribution >= 4 is 22.8 Å². The second-order valence-corrected chi connectivity index (χ2v) is 8.27. The van der Waals surface area contributed by atoms with Crippen molar-refractivity contribution in [2.75, 3.05) is 26.7 Å². The smallest absolute Gasteiger partial charge is 0.270 e. The number of piperazine rings is 1. The summed E-state index contributed by atoms with van der Waals surface area (Å²) in [6, 6.07) is 10.1. The van der Waals surface area contributed by atoms with Crippen LogP contribution < -0.4 is 0 Å². The number of hydrogen-bond acceptors (Lipinski definition) is 5. The number of pyridine rings is 1. The SMILES string of the molecule is CN1CCN(C(=O)c2cccn2C)C[C@@H]1c1nnn2cc(-c3ccsc3)ccc12. The van der Waals surface area contributed by atoms with E-state index < -0.39 is 0 Å². The van der Waals surface area contributed by atoms with Gasteiger partial charge >= 0.3 is 0 Å². The lowest BCUT2D eigenvalue weighted by molar-refractivity contribution is 0.0533. The Hall–Kier alpha value is -2.97. The van der Waals surface area contributed by atoms with Gasteiger partial charge in [0.2, 0.25) is 0 Å². The van der Waals surface area contributed by atoms with Crippen molar-refractivity contribution in [3.8, 4) is 11.1 Å². The molecule has 1 saturated heterocycles. The van der Waals surface area contributed by atoms with Crippen LogP contribution in [-0.4, -0.2) is 61.8 Å². The summed E-state index contributed by atoms with van der Waals surface area (Å²) in [6.45, 7) is 2.10. The molecule has 8 heteroatoms. The summed E-state index contributed by atoms with van der Waals surface area (Å²) >= 11 is 1.68. The zero-order valence-electron chi connectivity index (χ0n) is 16.4. The van der Waals surface area contributed by atoms with Gasteiger partial charge < -0.3 is 9.47 Å². The third-order valence-electron chi connectivity index (χ3n) is 5.71. The average Bonchev–Trinajstić information content (AvgIpc) is 3.48. The van der Waals surface area contributed by atoms with E-state index in [2.05, 4.69) is 51.2 Å². The zero-order chi connectivity index (χ0) is 20.0. The highest BCUT2D eigenvalue weighted by atomic mass is 32.1. The first-order valence-electron chi connectivity index (χ1n) is 9.60. The Morgan fingerprint density at radius 2 is 2.03 bits per heavy atom. The van der Waals surface area contributed by atoms with Crippen molar-refractivity contribution in [3.05, 3.63) is 64.9 Å². The maximum atomic E-state index is 13.0. The summed E-state index contributed by atoms with van der Waals surface area (Å²) in [5.74, 6) is 0.0619.